The van der Waals surface area contributed by atoms with E-state index in [0.717, 1.165) is 12.0 Å². The molecule has 0 saturated carbocycles. The summed E-state index contributed by atoms with van der Waals surface area (Å²) in [5.74, 6) is -4.41. The zero-order valence-electron chi connectivity index (χ0n) is 17.2. The fourth-order valence-corrected chi connectivity index (χ4v) is 3.10. The second-order valence-electron chi connectivity index (χ2n) is 6.71. The number of nitrogens with one attached hydrogen (secondary N) is 2. The first-order valence-electron chi connectivity index (χ1n) is 9.79. The van der Waals surface area contributed by atoms with E-state index in [-0.39, 0.29) is 24.3 Å². The lowest BCUT2D eigenvalue weighted by Gasteiger charge is -2.28. The minimum Gasteiger partial charge on any atom is -0.473 e. The number of carbonyl (C=O) groups is 5. The molecule has 0 bridgehead atoms. The number of hydrogen-bond donors (Lipinski definition) is 5. The lowest BCUT2D eigenvalue weighted by molar-refractivity contribution is -0.159. The lowest BCUT2D eigenvalue weighted by atomic mass is 10.0. The van der Waals surface area contributed by atoms with Crippen LogP contribution in [0.5, 0.6) is 0 Å². The molecule has 0 aliphatic carbocycles. The van der Waals surface area contributed by atoms with Crippen LogP contribution in [-0.4, -0.2) is 76.5 Å². The maximum atomic E-state index is 13.0. The van der Waals surface area contributed by atoms with Gasteiger partial charge in [0.1, 0.15) is 12.1 Å². The molecule has 11 heteroatoms. The SMILES string of the molecule is CCNC(=O)[C@@H]1CCCN1C(=O)[C@H](Cc1ccccc1)NC(=O)CN.O=C(O)C(=O)O. The largest absolute Gasteiger partial charge is 0.473 e. The van der Waals surface area contributed by atoms with Crippen LogP contribution in [-0.2, 0) is 30.4 Å². The highest BCUT2D eigenvalue weighted by Gasteiger charge is 2.37. The highest BCUT2D eigenvalue weighted by atomic mass is 16.4. The number of carboxylic acids is 2. The van der Waals surface area contributed by atoms with Gasteiger partial charge in [0.05, 0.1) is 6.54 Å². The first-order valence-corrected chi connectivity index (χ1v) is 9.79. The summed E-state index contributed by atoms with van der Waals surface area (Å²) >= 11 is 0. The molecule has 11 nitrogen and oxygen atoms in total. The monoisotopic (exact) mass is 436 g/mol. The molecule has 3 amide bonds. The van der Waals surface area contributed by atoms with Gasteiger partial charge >= 0.3 is 11.9 Å². The van der Waals surface area contributed by atoms with Gasteiger partial charge in [0.25, 0.3) is 0 Å². The highest BCUT2D eigenvalue weighted by molar-refractivity contribution is 6.27. The van der Waals surface area contributed by atoms with Gasteiger partial charge in [0, 0.05) is 19.5 Å². The molecule has 1 aliphatic rings. The van der Waals surface area contributed by atoms with Crippen LogP contribution in [0.4, 0.5) is 0 Å². The summed E-state index contributed by atoms with van der Waals surface area (Å²) in [4.78, 5) is 56.8. The zero-order chi connectivity index (χ0) is 23.4. The third kappa shape index (κ3) is 8.42. The average Bonchev–Trinajstić information content (AvgIpc) is 3.24. The number of hydrogen-bond acceptors (Lipinski definition) is 6. The first kappa shape index (κ1) is 25.6. The van der Waals surface area contributed by atoms with Crippen molar-refractivity contribution in [3.05, 3.63) is 35.9 Å². The Morgan fingerprint density at radius 2 is 1.74 bits per heavy atom. The third-order valence-corrected chi connectivity index (χ3v) is 4.47. The number of benzene rings is 1. The Morgan fingerprint density at radius 1 is 1.13 bits per heavy atom. The minimum absolute atomic E-state index is 0.142. The molecule has 1 fully saturated rings. The maximum Gasteiger partial charge on any atom is 0.414 e. The Bertz CT molecular complexity index is 773. The number of likely N-dealkylation sites (N-methyl/N-ethyl adjacent to an activating group) is 1. The summed E-state index contributed by atoms with van der Waals surface area (Å²) in [6.07, 6.45) is 1.78. The van der Waals surface area contributed by atoms with Gasteiger partial charge in [-0.1, -0.05) is 30.3 Å². The quantitative estimate of drug-likeness (QED) is 0.336. The summed E-state index contributed by atoms with van der Waals surface area (Å²) in [5, 5.41) is 20.3. The summed E-state index contributed by atoms with van der Waals surface area (Å²) in [5.41, 5.74) is 6.32. The molecule has 170 valence electrons. The first-order chi connectivity index (χ1) is 14.7. The minimum atomic E-state index is -1.82. The van der Waals surface area contributed by atoms with E-state index in [4.69, 9.17) is 25.5 Å². The van der Waals surface area contributed by atoms with Gasteiger partial charge in [-0.3, -0.25) is 14.4 Å². The number of carbonyl (C=O) groups excluding carboxylic acids is 3. The molecule has 1 saturated heterocycles. The van der Waals surface area contributed by atoms with E-state index in [0.29, 0.717) is 25.9 Å². The van der Waals surface area contributed by atoms with Crippen molar-refractivity contribution in [3.8, 4) is 0 Å². The Balaban J connectivity index is 0.000000703. The third-order valence-electron chi connectivity index (χ3n) is 4.47. The molecular formula is C20H28N4O7. The topological polar surface area (TPSA) is 179 Å². The number of amides is 3. The molecular weight excluding hydrogens is 408 g/mol. The summed E-state index contributed by atoms with van der Waals surface area (Å²) in [6.45, 7) is 2.70. The van der Waals surface area contributed by atoms with Crippen LogP contribution < -0.4 is 16.4 Å². The number of nitrogens with two attached hydrogens (primary N) is 1. The molecule has 2 atom stereocenters. The fourth-order valence-electron chi connectivity index (χ4n) is 3.10. The van der Waals surface area contributed by atoms with Crippen molar-refractivity contribution in [1.82, 2.24) is 15.5 Å². The van der Waals surface area contributed by atoms with Crippen LogP contribution in [0.25, 0.3) is 0 Å². The number of likely N-dealkylation sites (tertiary alicyclic amines) is 1. The Kier molecular flexibility index (Phi) is 10.7. The zero-order valence-corrected chi connectivity index (χ0v) is 17.2. The van der Waals surface area contributed by atoms with Crippen LogP contribution in [0.2, 0.25) is 0 Å². The molecule has 6 N–H and O–H groups in total. The van der Waals surface area contributed by atoms with Gasteiger partial charge < -0.3 is 31.5 Å². The van der Waals surface area contributed by atoms with E-state index < -0.39 is 24.0 Å². The van der Waals surface area contributed by atoms with Crippen molar-refractivity contribution in [2.45, 2.75) is 38.3 Å². The standard InChI is InChI=1S/C18H26N4O3.C2H2O4/c1-2-20-17(24)15-9-6-10-22(15)18(25)14(21-16(23)12-19)11-13-7-4-3-5-8-13;3-1(4)2(5)6/h3-5,7-8,14-15H,2,6,9-12,19H2,1H3,(H,20,24)(H,21,23);(H,3,4)(H,5,6)/t14-,15-;/m0./s1. The van der Waals surface area contributed by atoms with E-state index in [9.17, 15) is 14.4 Å². The van der Waals surface area contributed by atoms with E-state index in [1.54, 1.807) is 4.90 Å². The van der Waals surface area contributed by atoms with Gasteiger partial charge in [-0.15, -0.1) is 0 Å². The summed E-state index contributed by atoms with van der Waals surface area (Å²) < 4.78 is 0. The van der Waals surface area contributed by atoms with Crippen molar-refractivity contribution in [2.24, 2.45) is 5.73 Å². The molecule has 0 unspecified atom stereocenters. The fraction of sp³-hybridized carbons (Fsp3) is 0.450. The highest BCUT2D eigenvalue weighted by Crippen LogP contribution is 2.19. The van der Waals surface area contributed by atoms with Crippen molar-refractivity contribution in [2.75, 3.05) is 19.6 Å². The molecule has 1 aliphatic heterocycles. The van der Waals surface area contributed by atoms with Crippen LogP contribution >= 0.6 is 0 Å². The number of carboxylic acid groups (broad SMARTS) is 2. The second kappa shape index (κ2) is 13.0. The van der Waals surface area contributed by atoms with E-state index in [1.165, 1.54) is 0 Å². The number of rotatable bonds is 7. The molecule has 2 rings (SSSR count). The Morgan fingerprint density at radius 3 is 2.26 bits per heavy atom. The van der Waals surface area contributed by atoms with Gasteiger partial charge in [0.2, 0.25) is 17.7 Å². The van der Waals surface area contributed by atoms with Gasteiger partial charge in [-0.2, -0.15) is 0 Å². The van der Waals surface area contributed by atoms with Crippen LogP contribution in [0, 0.1) is 0 Å². The summed E-state index contributed by atoms with van der Waals surface area (Å²) in [7, 11) is 0. The molecule has 0 radical (unpaired) electrons. The Labute approximate surface area is 179 Å². The van der Waals surface area contributed by atoms with E-state index in [2.05, 4.69) is 10.6 Å². The van der Waals surface area contributed by atoms with Crippen LogP contribution in [0.3, 0.4) is 0 Å². The van der Waals surface area contributed by atoms with Crippen molar-refractivity contribution < 1.29 is 34.2 Å². The second-order valence-corrected chi connectivity index (χ2v) is 6.71. The van der Waals surface area contributed by atoms with E-state index in [1.807, 2.05) is 37.3 Å². The van der Waals surface area contributed by atoms with Crippen molar-refractivity contribution >= 4 is 29.7 Å². The predicted molar refractivity (Wildman–Crippen MR) is 110 cm³/mol. The molecule has 1 heterocycles. The Hall–Kier alpha value is -3.47. The van der Waals surface area contributed by atoms with Crippen LogP contribution in [0.1, 0.15) is 25.3 Å². The molecule has 1 aromatic carbocycles. The average molecular weight is 436 g/mol. The van der Waals surface area contributed by atoms with E-state index >= 15 is 0 Å². The normalized spacial score (nSPS) is 15.8. The van der Waals surface area contributed by atoms with Crippen LogP contribution in [0.15, 0.2) is 30.3 Å². The maximum absolute atomic E-state index is 13.0. The number of nitrogens with zero attached hydrogens (tertiary/aromatic N) is 1. The van der Waals surface area contributed by atoms with Crippen molar-refractivity contribution in [3.63, 3.8) is 0 Å². The summed E-state index contributed by atoms with van der Waals surface area (Å²) in [6, 6.07) is 8.27. The molecule has 31 heavy (non-hydrogen) atoms. The smallest absolute Gasteiger partial charge is 0.414 e. The number of aliphatic carboxylic acids is 2. The van der Waals surface area contributed by atoms with Gasteiger partial charge in [0.15, 0.2) is 0 Å². The molecule has 0 aromatic heterocycles. The lowest BCUT2D eigenvalue weighted by Crippen LogP contribution is -2.54. The molecule has 0 spiro atoms. The van der Waals surface area contributed by atoms with Crippen molar-refractivity contribution in [1.29, 1.82) is 0 Å². The van der Waals surface area contributed by atoms with Gasteiger partial charge in [-0.05, 0) is 25.3 Å². The van der Waals surface area contributed by atoms with Gasteiger partial charge in [-0.25, -0.2) is 9.59 Å². The predicted octanol–water partition coefficient (Wildman–Crippen LogP) is -1.04. The molecule has 1 aromatic rings.